The van der Waals surface area contributed by atoms with Gasteiger partial charge in [-0.05, 0) is 63.4 Å². The monoisotopic (exact) mass is 402 g/mol. The smallest absolute Gasteiger partial charge is 0.456 e. The van der Waals surface area contributed by atoms with E-state index < -0.39 is 24.4 Å². The van der Waals surface area contributed by atoms with Crippen LogP contribution in [-0.2, 0) is 9.31 Å². The third kappa shape index (κ3) is 2.88. The predicted octanol–water partition coefficient (Wildman–Crippen LogP) is 5.47. The lowest BCUT2D eigenvalue weighted by atomic mass is 9.71. The zero-order chi connectivity index (χ0) is 21.3. The van der Waals surface area contributed by atoms with Gasteiger partial charge in [0.25, 0.3) is 0 Å². The third-order valence-electron chi connectivity index (χ3n) is 6.89. The maximum Gasteiger partial charge on any atom is 0.494 e. The number of rotatable bonds is 2. The summed E-state index contributed by atoms with van der Waals surface area (Å²) < 4.78 is 18.6. The van der Waals surface area contributed by atoms with Crippen molar-refractivity contribution in [2.45, 2.75) is 57.8 Å². The normalized spacial score (nSPS) is 25.3. The van der Waals surface area contributed by atoms with Crippen LogP contribution in [0.25, 0.3) is 21.9 Å². The summed E-state index contributed by atoms with van der Waals surface area (Å²) in [6, 6.07) is 12.1. The lowest BCUT2D eigenvalue weighted by Crippen LogP contribution is -2.41. The standard InChI is InChI=1S/C25H27BO4/c1-15-10-13-21-23(17-8-6-7-9-20(17)28-21)22(15)18-14-16(11-12-19(18)27)26-29-24(2,3)25(4,5)30-26/h6-14,18-19,27H,1-5H3. The summed E-state index contributed by atoms with van der Waals surface area (Å²) in [6.07, 6.45) is 5.22. The fraction of sp³-hybridized carbons (Fsp3) is 0.360. The molecule has 154 valence electrons. The molecule has 30 heavy (non-hydrogen) atoms. The number of hydrogen-bond acceptors (Lipinski definition) is 4. The molecule has 1 saturated heterocycles. The molecule has 2 heterocycles. The van der Waals surface area contributed by atoms with Gasteiger partial charge in [-0.25, -0.2) is 0 Å². The van der Waals surface area contributed by atoms with Gasteiger partial charge in [0.15, 0.2) is 0 Å². The molecule has 0 bridgehead atoms. The quantitative estimate of drug-likeness (QED) is 0.578. The number of aliphatic hydroxyl groups is 1. The first-order valence-electron chi connectivity index (χ1n) is 10.5. The van der Waals surface area contributed by atoms with Crippen LogP contribution in [0, 0.1) is 6.92 Å². The lowest BCUT2D eigenvalue weighted by Gasteiger charge is -2.32. The topological polar surface area (TPSA) is 51.8 Å². The number of furan rings is 1. The maximum absolute atomic E-state index is 10.9. The van der Waals surface area contributed by atoms with Gasteiger partial charge >= 0.3 is 7.12 Å². The van der Waals surface area contributed by atoms with E-state index in [4.69, 9.17) is 13.7 Å². The fourth-order valence-electron chi connectivity index (χ4n) is 4.46. The molecule has 1 aliphatic heterocycles. The molecule has 5 heteroatoms. The van der Waals surface area contributed by atoms with Gasteiger partial charge < -0.3 is 18.8 Å². The van der Waals surface area contributed by atoms with Gasteiger partial charge in [0.1, 0.15) is 11.2 Å². The van der Waals surface area contributed by atoms with Crippen molar-refractivity contribution in [3.8, 4) is 0 Å². The minimum Gasteiger partial charge on any atom is -0.456 e. The van der Waals surface area contributed by atoms with Crippen LogP contribution in [0.3, 0.4) is 0 Å². The summed E-state index contributed by atoms with van der Waals surface area (Å²) in [4.78, 5) is 0. The van der Waals surface area contributed by atoms with Gasteiger partial charge in [-0.2, -0.15) is 0 Å². The molecule has 0 spiro atoms. The Morgan fingerprint density at radius 3 is 2.37 bits per heavy atom. The Hall–Kier alpha value is -2.34. The number of allylic oxidation sites excluding steroid dienone is 2. The van der Waals surface area contributed by atoms with Crippen LogP contribution in [0.1, 0.15) is 44.7 Å². The molecule has 0 amide bonds. The number of benzene rings is 2. The van der Waals surface area contributed by atoms with Crippen molar-refractivity contribution in [1.29, 1.82) is 0 Å². The van der Waals surface area contributed by atoms with Crippen molar-refractivity contribution in [2.75, 3.05) is 0 Å². The Kier molecular flexibility index (Phi) is 4.30. The summed E-state index contributed by atoms with van der Waals surface area (Å²) in [6.45, 7) is 10.3. The first kappa shape index (κ1) is 19.6. The van der Waals surface area contributed by atoms with E-state index in [1.54, 1.807) is 0 Å². The molecule has 1 fully saturated rings. The van der Waals surface area contributed by atoms with E-state index in [0.29, 0.717) is 0 Å². The molecule has 0 saturated carbocycles. The highest BCUT2D eigenvalue weighted by Crippen LogP contribution is 2.43. The van der Waals surface area contributed by atoms with E-state index >= 15 is 0 Å². The highest BCUT2D eigenvalue weighted by molar-refractivity contribution is 6.55. The largest absolute Gasteiger partial charge is 0.494 e. The van der Waals surface area contributed by atoms with E-state index in [1.165, 1.54) is 0 Å². The van der Waals surface area contributed by atoms with Crippen molar-refractivity contribution < 1.29 is 18.8 Å². The zero-order valence-corrected chi connectivity index (χ0v) is 18.1. The first-order chi connectivity index (χ1) is 14.2. The SMILES string of the molecule is Cc1ccc2oc3ccccc3c2c1C1C=C(B2OC(C)(C)C(C)(C)O2)C=CC1O. The van der Waals surface area contributed by atoms with Crippen LogP contribution in [0.15, 0.2) is 64.5 Å². The summed E-state index contributed by atoms with van der Waals surface area (Å²) in [7, 11) is -0.457. The highest BCUT2D eigenvalue weighted by Gasteiger charge is 2.52. The van der Waals surface area contributed by atoms with Crippen molar-refractivity contribution in [2.24, 2.45) is 0 Å². The Bertz CT molecular complexity index is 1180. The molecule has 0 radical (unpaired) electrons. The average Bonchev–Trinajstić information content (AvgIpc) is 3.16. The Morgan fingerprint density at radius 1 is 0.933 bits per heavy atom. The Balaban J connectivity index is 1.64. The van der Waals surface area contributed by atoms with Crippen LogP contribution in [0.2, 0.25) is 0 Å². The lowest BCUT2D eigenvalue weighted by molar-refractivity contribution is 0.00578. The molecule has 5 rings (SSSR count). The maximum atomic E-state index is 10.9. The summed E-state index contributed by atoms with van der Waals surface area (Å²) in [5, 5.41) is 13.1. The molecule has 1 N–H and O–H groups in total. The predicted molar refractivity (Wildman–Crippen MR) is 121 cm³/mol. The molecule has 2 aromatic carbocycles. The molecular formula is C25H27BO4. The number of fused-ring (bicyclic) bond motifs is 3. The second-order valence-electron chi connectivity index (χ2n) is 9.40. The highest BCUT2D eigenvalue weighted by atomic mass is 16.7. The van der Waals surface area contributed by atoms with Gasteiger partial charge in [0.05, 0.1) is 17.3 Å². The number of para-hydroxylation sites is 1. The number of aryl methyl sites for hydroxylation is 1. The van der Waals surface area contributed by atoms with E-state index in [-0.39, 0.29) is 5.92 Å². The van der Waals surface area contributed by atoms with Crippen LogP contribution in [0.4, 0.5) is 0 Å². The van der Waals surface area contributed by atoms with Gasteiger partial charge in [-0.3, -0.25) is 0 Å². The second-order valence-corrected chi connectivity index (χ2v) is 9.40. The first-order valence-corrected chi connectivity index (χ1v) is 10.5. The molecule has 2 aliphatic rings. The van der Waals surface area contributed by atoms with Crippen LogP contribution in [0.5, 0.6) is 0 Å². The third-order valence-corrected chi connectivity index (χ3v) is 6.89. The van der Waals surface area contributed by atoms with E-state index in [2.05, 4.69) is 52.8 Å². The fourth-order valence-corrected chi connectivity index (χ4v) is 4.46. The summed E-state index contributed by atoms with van der Waals surface area (Å²) >= 11 is 0. The van der Waals surface area contributed by atoms with E-state index in [9.17, 15) is 5.11 Å². The molecule has 2 atom stereocenters. The number of aliphatic hydroxyl groups excluding tert-OH is 1. The van der Waals surface area contributed by atoms with Crippen LogP contribution in [-0.4, -0.2) is 29.5 Å². The minimum atomic E-state index is -0.630. The molecule has 4 nitrogen and oxygen atoms in total. The Labute approximate surface area is 177 Å². The van der Waals surface area contributed by atoms with Crippen LogP contribution < -0.4 is 0 Å². The van der Waals surface area contributed by atoms with Gasteiger partial charge in [-0.1, -0.05) is 42.5 Å². The molecule has 2 unspecified atom stereocenters. The van der Waals surface area contributed by atoms with Crippen molar-refractivity contribution >= 4 is 29.1 Å². The molecule has 1 aromatic heterocycles. The molecule has 1 aliphatic carbocycles. The number of hydrogen-bond donors (Lipinski definition) is 1. The molecular weight excluding hydrogens is 375 g/mol. The van der Waals surface area contributed by atoms with Gasteiger partial charge in [-0.15, -0.1) is 0 Å². The molecule has 3 aromatic rings. The second kappa shape index (κ2) is 6.58. The minimum absolute atomic E-state index is 0.214. The summed E-state index contributed by atoms with van der Waals surface area (Å²) in [5.41, 5.74) is 4.03. The van der Waals surface area contributed by atoms with Crippen molar-refractivity contribution in [3.05, 3.63) is 71.2 Å². The van der Waals surface area contributed by atoms with Crippen LogP contribution >= 0.6 is 0 Å². The van der Waals surface area contributed by atoms with Crippen molar-refractivity contribution in [1.82, 2.24) is 0 Å². The van der Waals surface area contributed by atoms with E-state index in [1.807, 2.05) is 36.4 Å². The van der Waals surface area contributed by atoms with E-state index in [0.717, 1.165) is 38.5 Å². The van der Waals surface area contributed by atoms with Crippen molar-refractivity contribution in [3.63, 3.8) is 0 Å². The van der Waals surface area contributed by atoms with Gasteiger partial charge in [0.2, 0.25) is 0 Å². The zero-order valence-electron chi connectivity index (χ0n) is 18.1. The Morgan fingerprint density at radius 2 is 1.63 bits per heavy atom. The summed E-state index contributed by atoms with van der Waals surface area (Å²) in [5.74, 6) is -0.214. The average molecular weight is 402 g/mol. The van der Waals surface area contributed by atoms with Gasteiger partial charge in [0, 0.05) is 16.7 Å².